The molecule has 3 rings (SSSR count). The number of rotatable bonds is 5. The number of hydrogen-bond donors (Lipinski definition) is 0. The molecule has 1 saturated heterocycles. The van der Waals surface area contributed by atoms with E-state index in [1.165, 1.54) is 28.4 Å². The van der Waals surface area contributed by atoms with E-state index in [1.54, 1.807) is 12.1 Å². The van der Waals surface area contributed by atoms with E-state index in [9.17, 15) is 14.0 Å². The fourth-order valence-corrected chi connectivity index (χ4v) is 3.80. The molecule has 0 unspecified atom stereocenters. The van der Waals surface area contributed by atoms with Gasteiger partial charge >= 0.3 is 6.03 Å². The zero-order chi connectivity index (χ0) is 19.8. The van der Waals surface area contributed by atoms with Gasteiger partial charge in [-0.05, 0) is 24.1 Å². The molecular formula is C19H23FN4O2S. The van der Waals surface area contributed by atoms with Gasteiger partial charge in [-0.25, -0.2) is 14.1 Å². The van der Waals surface area contributed by atoms with Crippen molar-refractivity contribution in [2.45, 2.75) is 52.0 Å². The minimum Gasteiger partial charge on any atom is -0.308 e. The van der Waals surface area contributed by atoms with Gasteiger partial charge in [-0.3, -0.25) is 4.79 Å². The summed E-state index contributed by atoms with van der Waals surface area (Å²) in [6.07, 6.45) is 1.66. The maximum Gasteiger partial charge on any atom is 0.334 e. The highest BCUT2D eigenvalue weighted by Gasteiger charge is 2.48. The van der Waals surface area contributed by atoms with Gasteiger partial charge in [0.05, 0.1) is 0 Å². The van der Waals surface area contributed by atoms with Crippen LogP contribution in [0.2, 0.25) is 0 Å². The third kappa shape index (κ3) is 3.71. The van der Waals surface area contributed by atoms with Crippen LogP contribution >= 0.6 is 11.3 Å². The molecule has 1 fully saturated rings. The number of urea groups is 1. The number of unbranched alkanes of at least 4 members (excludes halogenated alkanes) is 1. The topological polar surface area (TPSA) is 66.4 Å². The van der Waals surface area contributed by atoms with E-state index in [0.29, 0.717) is 12.1 Å². The molecule has 1 aromatic heterocycles. The molecule has 3 amide bonds. The molecule has 1 aliphatic rings. The summed E-state index contributed by atoms with van der Waals surface area (Å²) in [6.45, 7) is 8.47. The maximum absolute atomic E-state index is 13.3. The SMILES string of the molecule is CCCCN1C(=O)N(c2nnc(C(C)(C)C)s2)C(=O)[C@H]1c1ccc(F)cc1. The summed E-state index contributed by atoms with van der Waals surface area (Å²) in [4.78, 5) is 28.8. The van der Waals surface area contributed by atoms with Crippen molar-refractivity contribution in [3.63, 3.8) is 0 Å². The van der Waals surface area contributed by atoms with Gasteiger partial charge in [-0.1, -0.05) is 57.6 Å². The minimum absolute atomic E-state index is 0.222. The summed E-state index contributed by atoms with van der Waals surface area (Å²) in [5.41, 5.74) is 0.369. The van der Waals surface area contributed by atoms with Crippen molar-refractivity contribution in [3.8, 4) is 0 Å². The highest BCUT2D eigenvalue weighted by molar-refractivity contribution is 7.15. The van der Waals surface area contributed by atoms with Crippen molar-refractivity contribution >= 4 is 28.4 Å². The van der Waals surface area contributed by atoms with Gasteiger partial charge in [-0.2, -0.15) is 0 Å². The Balaban J connectivity index is 1.98. The predicted molar refractivity (Wildman–Crippen MR) is 102 cm³/mol. The molecule has 1 atom stereocenters. The second-order valence-corrected chi connectivity index (χ2v) is 8.55. The third-order valence-electron chi connectivity index (χ3n) is 4.39. The first-order chi connectivity index (χ1) is 12.7. The van der Waals surface area contributed by atoms with Crippen LogP contribution in [-0.4, -0.2) is 33.6 Å². The number of nitrogens with zero attached hydrogens (tertiary/aromatic N) is 4. The first kappa shape index (κ1) is 19.4. The number of aromatic nitrogens is 2. The zero-order valence-electron chi connectivity index (χ0n) is 15.9. The molecule has 1 aliphatic heterocycles. The average Bonchev–Trinajstić information content (AvgIpc) is 3.17. The second kappa shape index (κ2) is 7.34. The van der Waals surface area contributed by atoms with Crippen LogP contribution in [0, 0.1) is 5.82 Å². The van der Waals surface area contributed by atoms with E-state index in [0.717, 1.165) is 22.7 Å². The van der Waals surface area contributed by atoms with E-state index in [-0.39, 0.29) is 22.3 Å². The van der Waals surface area contributed by atoms with Crippen LogP contribution < -0.4 is 4.90 Å². The lowest BCUT2D eigenvalue weighted by Gasteiger charge is -2.21. The molecule has 27 heavy (non-hydrogen) atoms. The van der Waals surface area contributed by atoms with Gasteiger partial charge in [0.25, 0.3) is 5.91 Å². The lowest BCUT2D eigenvalue weighted by atomic mass is 9.98. The largest absolute Gasteiger partial charge is 0.334 e. The van der Waals surface area contributed by atoms with Crippen LogP contribution in [-0.2, 0) is 10.2 Å². The smallest absolute Gasteiger partial charge is 0.308 e. The number of benzene rings is 1. The van der Waals surface area contributed by atoms with Gasteiger partial charge in [0.1, 0.15) is 16.9 Å². The van der Waals surface area contributed by atoms with Gasteiger partial charge < -0.3 is 4.90 Å². The minimum atomic E-state index is -0.772. The summed E-state index contributed by atoms with van der Waals surface area (Å²) < 4.78 is 13.3. The molecule has 8 heteroatoms. The highest BCUT2D eigenvalue weighted by Crippen LogP contribution is 2.37. The summed E-state index contributed by atoms with van der Waals surface area (Å²) in [7, 11) is 0. The molecule has 2 aromatic rings. The normalized spacial score (nSPS) is 17.9. The molecule has 6 nitrogen and oxygen atoms in total. The Hall–Kier alpha value is -2.35. The first-order valence-electron chi connectivity index (χ1n) is 8.98. The molecule has 0 spiro atoms. The average molecular weight is 390 g/mol. The summed E-state index contributed by atoms with van der Waals surface area (Å²) in [5, 5.41) is 9.27. The van der Waals surface area contributed by atoms with E-state index in [1.807, 2.05) is 27.7 Å². The van der Waals surface area contributed by atoms with Gasteiger partial charge in [0, 0.05) is 12.0 Å². The Morgan fingerprint density at radius 2 is 1.81 bits per heavy atom. The van der Waals surface area contributed by atoms with E-state index in [2.05, 4.69) is 10.2 Å². The Kier molecular flexibility index (Phi) is 5.28. The number of anilines is 1. The lowest BCUT2D eigenvalue weighted by molar-refractivity contribution is -0.119. The Labute approximate surface area is 162 Å². The molecule has 0 saturated carbocycles. The monoisotopic (exact) mass is 390 g/mol. The molecule has 2 heterocycles. The third-order valence-corrected chi connectivity index (χ3v) is 5.72. The first-order valence-corrected chi connectivity index (χ1v) is 9.79. The number of carbonyl (C=O) groups excluding carboxylic acids is 2. The van der Waals surface area contributed by atoms with Crippen molar-refractivity contribution in [2.24, 2.45) is 0 Å². The number of carbonyl (C=O) groups is 2. The molecular weight excluding hydrogens is 367 g/mol. The number of amides is 3. The standard InChI is InChI=1S/C19H23FN4O2S/c1-5-6-11-23-14(12-7-9-13(20)10-8-12)15(25)24(18(23)26)17-22-21-16(27-17)19(2,3)4/h7-10,14H,5-6,11H2,1-4H3/t14-/m1/s1. The number of hydrogen-bond acceptors (Lipinski definition) is 5. The van der Waals surface area contributed by atoms with E-state index >= 15 is 0 Å². The van der Waals surface area contributed by atoms with E-state index < -0.39 is 12.1 Å². The highest BCUT2D eigenvalue weighted by atomic mass is 32.1. The Morgan fingerprint density at radius 1 is 1.15 bits per heavy atom. The maximum atomic E-state index is 13.3. The molecule has 144 valence electrons. The van der Waals surface area contributed by atoms with Crippen LogP contribution in [0.15, 0.2) is 24.3 Å². The molecule has 0 bridgehead atoms. The van der Waals surface area contributed by atoms with Crippen LogP contribution in [0.4, 0.5) is 14.3 Å². The van der Waals surface area contributed by atoms with Gasteiger partial charge in [0.15, 0.2) is 0 Å². The van der Waals surface area contributed by atoms with Crippen molar-refractivity contribution in [1.82, 2.24) is 15.1 Å². The number of halogens is 1. The predicted octanol–water partition coefficient (Wildman–Crippen LogP) is 4.28. The number of imide groups is 1. The summed E-state index contributed by atoms with van der Waals surface area (Å²) in [5.74, 6) is -0.759. The fraction of sp³-hybridized carbons (Fsp3) is 0.474. The summed E-state index contributed by atoms with van der Waals surface area (Å²) in [6, 6.07) is 4.53. The van der Waals surface area contributed by atoms with Crippen LogP contribution in [0.25, 0.3) is 0 Å². The summed E-state index contributed by atoms with van der Waals surface area (Å²) >= 11 is 1.25. The Morgan fingerprint density at radius 3 is 2.37 bits per heavy atom. The fourth-order valence-electron chi connectivity index (χ4n) is 2.89. The molecule has 0 aliphatic carbocycles. The van der Waals surface area contributed by atoms with Crippen molar-refractivity contribution in [3.05, 3.63) is 40.7 Å². The second-order valence-electron chi connectivity index (χ2n) is 7.60. The quantitative estimate of drug-likeness (QED) is 0.715. The molecule has 1 aromatic carbocycles. The van der Waals surface area contributed by atoms with E-state index in [4.69, 9.17) is 0 Å². The lowest BCUT2D eigenvalue weighted by Crippen LogP contribution is -2.33. The van der Waals surface area contributed by atoms with Gasteiger partial charge in [-0.15, -0.1) is 10.2 Å². The van der Waals surface area contributed by atoms with Crippen molar-refractivity contribution < 1.29 is 14.0 Å². The zero-order valence-corrected chi connectivity index (χ0v) is 16.7. The van der Waals surface area contributed by atoms with Gasteiger partial charge in [0.2, 0.25) is 5.13 Å². The van der Waals surface area contributed by atoms with Crippen molar-refractivity contribution in [1.29, 1.82) is 0 Å². The van der Waals surface area contributed by atoms with Crippen LogP contribution in [0.1, 0.15) is 57.1 Å². The van der Waals surface area contributed by atoms with Crippen molar-refractivity contribution in [2.75, 3.05) is 11.4 Å². The van der Waals surface area contributed by atoms with Crippen LogP contribution in [0.3, 0.4) is 0 Å². The Bertz CT molecular complexity index is 844. The molecule has 0 radical (unpaired) electrons. The molecule has 0 N–H and O–H groups in total. The van der Waals surface area contributed by atoms with Crippen LogP contribution in [0.5, 0.6) is 0 Å².